The van der Waals surface area contributed by atoms with Gasteiger partial charge < -0.3 is 15.5 Å². The molecule has 1 rings (SSSR count). The van der Waals surface area contributed by atoms with E-state index in [9.17, 15) is 9.59 Å². The number of piperazine rings is 1. The first-order valence-electron chi connectivity index (χ1n) is 6.99. The van der Waals surface area contributed by atoms with Crippen molar-refractivity contribution in [2.45, 2.75) is 26.3 Å². The number of nitrogens with zero attached hydrogens (tertiary/aromatic N) is 2. The number of carbonyl (C=O) groups is 2. The van der Waals surface area contributed by atoms with Gasteiger partial charge in [-0.05, 0) is 13.3 Å². The van der Waals surface area contributed by atoms with E-state index in [0.717, 1.165) is 26.1 Å². The third kappa shape index (κ3) is 6.02. The summed E-state index contributed by atoms with van der Waals surface area (Å²) in [7, 11) is 1.68. The van der Waals surface area contributed by atoms with E-state index in [-0.39, 0.29) is 18.4 Å². The molecule has 1 aliphatic heterocycles. The molecule has 6 heteroatoms. The molecule has 0 bridgehead atoms. The van der Waals surface area contributed by atoms with Crippen LogP contribution in [0.25, 0.3) is 0 Å². The molecule has 6 nitrogen and oxygen atoms in total. The summed E-state index contributed by atoms with van der Waals surface area (Å²) >= 11 is 0. The van der Waals surface area contributed by atoms with Crippen molar-refractivity contribution in [2.75, 3.05) is 46.3 Å². The third-order valence-electron chi connectivity index (χ3n) is 3.19. The summed E-state index contributed by atoms with van der Waals surface area (Å²) in [5.41, 5.74) is 0. The lowest BCUT2D eigenvalue weighted by Crippen LogP contribution is -2.52. The number of carbonyl (C=O) groups excluding carboxylic acids is 2. The summed E-state index contributed by atoms with van der Waals surface area (Å²) in [5.74, 6) is -0.0906. The van der Waals surface area contributed by atoms with Crippen molar-refractivity contribution in [3.05, 3.63) is 0 Å². The molecule has 0 aromatic rings. The number of rotatable bonds is 6. The highest BCUT2D eigenvalue weighted by atomic mass is 16.2. The molecule has 2 N–H and O–H groups in total. The monoisotopic (exact) mass is 270 g/mol. The number of nitrogens with one attached hydrogen (secondary N) is 2. The van der Waals surface area contributed by atoms with E-state index in [1.165, 1.54) is 4.90 Å². The minimum atomic E-state index is -0.0913. The van der Waals surface area contributed by atoms with Gasteiger partial charge in [0.2, 0.25) is 11.8 Å². The second-order valence-electron chi connectivity index (χ2n) is 5.19. The molecule has 1 unspecified atom stereocenters. The second kappa shape index (κ2) is 8.12. The minimum absolute atomic E-state index is 0.000693. The molecule has 0 aromatic heterocycles. The number of hydrogen-bond acceptors (Lipinski definition) is 4. The average Bonchev–Trinajstić information content (AvgIpc) is 2.36. The third-order valence-corrected chi connectivity index (χ3v) is 3.19. The fourth-order valence-electron chi connectivity index (χ4n) is 2.09. The molecule has 1 heterocycles. The zero-order valence-electron chi connectivity index (χ0n) is 12.2. The van der Waals surface area contributed by atoms with E-state index in [4.69, 9.17) is 0 Å². The zero-order valence-corrected chi connectivity index (χ0v) is 12.2. The highest BCUT2D eigenvalue weighted by molar-refractivity contribution is 5.85. The van der Waals surface area contributed by atoms with Crippen LogP contribution in [0.5, 0.6) is 0 Å². The predicted octanol–water partition coefficient (Wildman–Crippen LogP) is -0.735. The maximum Gasteiger partial charge on any atom is 0.239 e. The van der Waals surface area contributed by atoms with Gasteiger partial charge >= 0.3 is 0 Å². The molecule has 2 amide bonds. The van der Waals surface area contributed by atoms with Gasteiger partial charge in [-0.25, -0.2) is 0 Å². The van der Waals surface area contributed by atoms with Crippen LogP contribution in [0.2, 0.25) is 0 Å². The second-order valence-corrected chi connectivity index (χ2v) is 5.19. The highest BCUT2D eigenvalue weighted by Gasteiger charge is 2.20. The van der Waals surface area contributed by atoms with E-state index < -0.39 is 0 Å². The standard InChI is InChI=1S/C13H26N4O2/c1-4-5-15-12(18)9-16(3)13(19)10-17-7-6-14-11(2)8-17/h11,14H,4-10H2,1-3H3,(H,15,18). The molecule has 19 heavy (non-hydrogen) atoms. The Kier molecular flexibility index (Phi) is 6.80. The molecule has 1 atom stereocenters. The Bertz CT molecular complexity index is 309. The van der Waals surface area contributed by atoms with Crippen molar-refractivity contribution >= 4 is 11.8 Å². The van der Waals surface area contributed by atoms with Gasteiger partial charge in [-0.15, -0.1) is 0 Å². The lowest BCUT2D eigenvalue weighted by molar-refractivity contribution is -0.135. The van der Waals surface area contributed by atoms with Gasteiger partial charge in [-0.1, -0.05) is 6.92 Å². The largest absolute Gasteiger partial charge is 0.355 e. The Hall–Kier alpha value is -1.14. The first-order valence-corrected chi connectivity index (χ1v) is 6.99. The fraction of sp³-hybridized carbons (Fsp3) is 0.846. The van der Waals surface area contributed by atoms with E-state index in [2.05, 4.69) is 22.5 Å². The lowest BCUT2D eigenvalue weighted by atomic mass is 10.2. The van der Waals surface area contributed by atoms with Gasteiger partial charge in [0.25, 0.3) is 0 Å². The van der Waals surface area contributed by atoms with Gasteiger partial charge in [0.15, 0.2) is 0 Å². The van der Waals surface area contributed by atoms with Gasteiger partial charge in [-0.2, -0.15) is 0 Å². The first kappa shape index (κ1) is 15.9. The Morgan fingerprint density at radius 3 is 2.84 bits per heavy atom. The fourth-order valence-corrected chi connectivity index (χ4v) is 2.09. The normalized spacial score (nSPS) is 20.1. The molecule has 0 saturated carbocycles. The van der Waals surface area contributed by atoms with Gasteiger partial charge in [0, 0.05) is 39.3 Å². The molecule has 1 saturated heterocycles. The van der Waals surface area contributed by atoms with E-state index >= 15 is 0 Å². The molecule has 0 radical (unpaired) electrons. The van der Waals surface area contributed by atoms with E-state index in [1.807, 2.05) is 6.92 Å². The topological polar surface area (TPSA) is 64.7 Å². The maximum atomic E-state index is 12.0. The van der Waals surface area contributed by atoms with Crippen molar-refractivity contribution in [3.63, 3.8) is 0 Å². The van der Waals surface area contributed by atoms with Crippen LogP contribution in [0.1, 0.15) is 20.3 Å². The SMILES string of the molecule is CCCNC(=O)CN(C)C(=O)CN1CCNC(C)C1. The highest BCUT2D eigenvalue weighted by Crippen LogP contribution is 1.99. The molecule has 1 aliphatic rings. The smallest absolute Gasteiger partial charge is 0.239 e. The average molecular weight is 270 g/mol. The molecule has 110 valence electrons. The predicted molar refractivity (Wildman–Crippen MR) is 74.8 cm³/mol. The van der Waals surface area contributed by atoms with Crippen molar-refractivity contribution in [1.82, 2.24) is 20.4 Å². The molecule has 0 spiro atoms. The van der Waals surface area contributed by atoms with Crippen molar-refractivity contribution < 1.29 is 9.59 Å². The van der Waals surface area contributed by atoms with E-state index in [1.54, 1.807) is 7.05 Å². The summed E-state index contributed by atoms with van der Waals surface area (Å²) in [4.78, 5) is 27.2. The number of amides is 2. The van der Waals surface area contributed by atoms with Crippen LogP contribution in [0.4, 0.5) is 0 Å². The van der Waals surface area contributed by atoms with Crippen molar-refractivity contribution in [3.8, 4) is 0 Å². The Balaban J connectivity index is 2.29. The van der Waals surface area contributed by atoms with E-state index in [0.29, 0.717) is 19.1 Å². The molecule has 1 fully saturated rings. The summed E-state index contributed by atoms with van der Waals surface area (Å²) in [6.45, 7) is 7.97. The molecule has 0 aromatic carbocycles. The molecule has 0 aliphatic carbocycles. The number of hydrogen-bond donors (Lipinski definition) is 2. The summed E-state index contributed by atoms with van der Waals surface area (Å²) in [6, 6.07) is 0.416. The van der Waals surface area contributed by atoms with Crippen LogP contribution in [-0.4, -0.2) is 74.0 Å². The summed E-state index contributed by atoms with van der Waals surface area (Å²) in [6.07, 6.45) is 0.905. The Labute approximate surface area is 115 Å². The Morgan fingerprint density at radius 1 is 1.47 bits per heavy atom. The lowest BCUT2D eigenvalue weighted by Gasteiger charge is -2.32. The Morgan fingerprint density at radius 2 is 2.21 bits per heavy atom. The molecular weight excluding hydrogens is 244 g/mol. The number of likely N-dealkylation sites (N-methyl/N-ethyl adjacent to an activating group) is 1. The van der Waals surface area contributed by atoms with Crippen molar-refractivity contribution in [2.24, 2.45) is 0 Å². The first-order chi connectivity index (χ1) is 9.02. The van der Waals surface area contributed by atoms with Crippen LogP contribution in [-0.2, 0) is 9.59 Å². The quantitative estimate of drug-likeness (QED) is 0.667. The maximum absolute atomic E-state index is 12.0. The van der Waals surface area contributed by atoms with Crippen LogP contribution in [0.15, 0.2) is 0 Å². The van der Waals surface area contributed by atoms with Crippen molar-refractivity contribution in [1.29, 1.82) is 0 Å². The van der Waals surface area contributed by atoms with Gasteiger partial charge in [0.1, 0.15) is 0 Å². The van der Waals surface area contributed by atoms with Gasteiger partial charge in [-0.3, -0.25) is 14.5 Å². The van der Waals surface area contributed by atoms with Crippen LogP contribution in [0.3, 0.4) is 0 Å². The minimum Gasteiger partial charge on any atom is -0.355 e. The molecular formula is C13H26N4O2. The summed E-state index contributed by atoms with van der Waals surface area (Å²) in [5, 5.41) is 6.11. The van der Waals surface area contributed by atoms with Crippen LogP contribution in [0, 0.1) is 0 Å². The van der Waals surface area contributed by atoms with Crippen LogP contribution >= 0.6 is 0 Å². The summed E-state index contributed by atoms with van der Waals surface area (Å²) < 4.78 is 0. The van der Waals surface area contributed by atoms with Gasteiger partial charge in [0.05, 0.1) is 13.1 Å². The zero-order chi connectivity index (χ0) is 14.3. The van der Waals surface area contributed by atoms with Crippen LogP contribution < -0.4 is 10.6 Å².